The van der Waals surface area contributed by atoms with Crippen molar-refractivity contribution in [2.24, 2.45) is 11.8 Å². The minimum absolute atomic E-state index is 0. The van der Waals surface area contributed by atoms with Crippen LogP contribution in [-0.4, -0.2) is 97.1 Å². The average Bonchev–Trinajstić information content (AvgIpc) is 3.54. The molecule has 35 heavy (non-hydrogen) atoms. The fraction of sp³-hybridized carbons (Fsp3) is 0.652. The molecule has 3 heterocycles. The van der Waals surface area contributed by atoms with Gasteiger partial charge in [0.25, 0.3) is 0 Å². The van der Waals surface area contributed by atoms with E-state index in [1.165, 1.54) is 11.0 Å². The van der Waals surface area contributed by atoms with Crippen LogP contribution in [-0.2, 0) is 14.3 Å². The minimum Gasteiger partial charge on any atom is -0.482 e. The number of anilines is 1. The van der Waals surface area contributed by atoms with Crippen molar-refractivity contribution in [2.45, 2.75) is 37.3 Å². The zero-order valence-corrected chi connectivity index (χ0v) is 19.8. The SMILES string of the molecule is Cl.O=C1C2CC3OC3CC2C(=O)N1CC(O)CN1CCN(c2ccccc2OCC(F)(F)F)CC1. The Hall–Kier alpha value is -2.08. The van der Waals surface area contributed by atoms with Gasteiger partial charge in [0.2, 0.25) is 11.8 Å². The van der Waals surface area contributed by atoms with Crippen molar-refractivity contribution in [2.75, 3.05) is 50.8 Å². The Morgan fingerprint density at radius 3 is 2.20 bits per heavy atom. The molecule has 8 nitrogen and oxygen atoms in total. The lowest BCUT2D eigenvalue weighted by atomic mass is 9.81. The third-order valence-electron chi connectivity index (χ3n) is 7.14. The molecular formula is C23H29ClF3N3O5. The average molecular weight is 520 g/mol. The number of carbonyl (C=O) groups is 2. The van der Waals surface area contributed by atoms with E-state index >= 15 is 0 Å². The highest BCUT2D eigenvalue weighted by molar-refractivity contribution is 6.05. The molecule has 2 amide bonds. The largest absolute Gasteiger partial charge is 0.482 e. The van der Waals surface area contributed by atoms with Gasteiger partial charge in [-0.05, 0) is 25.0 Å². The molecule has 1 aromatic rings. The lowest BCUT2D eigenvalue weighted by molar-refractivity contribution is -0.153. The summed E-state index contributed by atoms with van der Waals surface area (Å²) in [5, 5.41) is 10.6. The first-order chi connectivity index (χ1) is 16.2. The third kappa shape index (κ3) is 5.68. The Morgan fingerprint density at radius 2 is 1.60 bits per heavy atom. The van der Waals surface area contributed by atoms with Crippen LogP contribution in [0, 0.1) is 11.8 Å². The van der Waals surface area contributed by atoms with Crippen LogP contribution in [0.3, 0.4) is 0 Å². The van der Waals surface area contributed by atoms with Gasteiger partial charge >= 0.3 is 6.18 Å². The van der Waals surface area contributed by atoms with E-state index in [1.807, 2.05) is 9.80 Å². The molecule has 3 aliphatic heterocycles. The van der Waals surface area contributed by atoms with Gasteiger partial charge in [0.1, 0.15) is 5.75 Å². The lowest BCUT2D eigenvalue weighted by Gasteiger charge is -2.37. The summed E-state index contributed by atoms with van der Waals surface area (Å²) in [7, 11) is 0. The number of hydrogen-bond donors (Lipinski definition) is 1. The Labute approximate surface area is 207 Å². The Kier molecular flexibility index (Phi) is 7.51. The smallest absolute Gasteiger partial charge is 0.422 e. The first-order valence-electron chi connectivity index (χ1n) is 11.6. The number of fused-ring (bicyclic) bond motifs is 2. The molecule has 1 saturated carbocycles. The Bertz CT molecular complexity index is 915. The number of para-hydroxylation sites is 2. The highest BCUT2D eigenvalue weighted by Gasteiger charge is 2.58. The first-order valence-corrected chi connectivity index (χ1v) is 11.6. The maximum atomic E-state index is 12.7. The van der Waals surface area contributed by atoms with E-state index in [-0.39, 0.29) is 60.6 Å². The number of amides is 2. The summed E-state index contributed by atoms with van der Waals surface area (Å²) in [6, 6.07) is 6.64. The summed E-state index contributed by atoms with van der Waals surface area (Å²) in [5.74, 6) is -0.881. The number of ether oxygens (including phenoxy) is 2. The molecule has 5 atom stereocenters. The molecule has 1 N–H and O–H groups in total. The summed E-state index contributed by atoms with van der Waals surface area (Å²) in [6.07, 6.45) is -3.91. The second kappa shape index (κ2) is 10.1. The van der Waals surface area contributed by atoms with Gasteiger partial charge in [-0.25, -0.2) is 0 Å². The maximum absolute atomic E-state index is 12.7. The number of β-amino-alcohol motifs (C(OH)–C–C–N with tert-alkyl or cyclic N) is 1. The zero-order chi connectivity index (χ0) is 24.0. The second-order valence-corrected chi connectivity index (χ2v) is 9.50. The Balaban J connectivity index is 0.00000289. The number of carbonyl (C=O) groups excluding carboxylic acids is 2. The van der Waals surface area contributed by atoms with Crippen LogP contribution in [0.4, 0.5) is 18.9 Å². The molecule has 3 saturated heterocycles. The molecule has 1 aliphatic carbocycles. The number of benzene rings is 1. The number of halogens is 4. The van der Waals surface area contributed by atoms with Crippen LogP contribution in [0.1, 0.15) is 12.8 Å². The summed E-state index contributed by atoms with van der Waals surface area (Å²) in [5.41, 5.74) is 0.602. The molecule has 5 rings (SSSR count). The lowest BCUT2D eigenvalue weighted by Crippen LogP contribution is -2.50. The van der Waals surface area contributed by atoms with Gasteiger partial charge in [0, 0.05) is 32.7 Å². The van der Waals surface area contributed by atoms with E-state index < -0.39 is 18.9 Å². The van der Waals surface area contributed by atoms with E-state index in [9.17, 15) is 27.9 Å². The minimum atomic E-state index is -4.41. The molecule has 4 fully saturated rings. The summed E-state index contributed by atoms with van der Waals surface area (Å²) < 4.78 is 48.2. The first kappa shape index (κ1) is 26.0. The predicted molar refractivity (Wildman–Crippen MR) is 121 cm³/mol. The standard InChI is InChI=1S/C23H28F3N3O5.ClH/c24-23(25,26)13-33-18-4-2-1-3-17(18)28-7-5-27(6-8-28)11-14(30)12-29-21(31)15-9-19-20(34-19)10-16(15)22(29)32;/h1-4,14-16,19-20,30H,5-13H2;1H. The van der Waals surface area contributed by atoms with Crippen molar-refractivity contribution < 1.29 is 37.3 Å². The van der Waals surface area contributed by atoms with Crippen LogP contribution in [0.25, 0.3) is 0 Å². The van der Waals surface area contributed by atoms with E-state index in [4.69, 9.17) is 9.47 Å². The number of imide groups is 1. The number of aliphatic hydroxyl groups excluding tert-OH is 1. The van der Waals surface area contributed by atoms with Crippen molar-refractivity contribution in [3.8, 4) is 5.75 Å². The summed E-state index contributed by atoms with van der Waals surface area (Å²) >= 11 is 0. The van der Waals surface area contributed by atoms with Gasteiger partial charge in [-0.2, -0.15) is 13.2 Å². The third-order valence-corrected chi connectivity index (χ3v) is 7.14. The van der Waals surface area contributed by atoms with Gasteiger partial charge in [0.05, 0.1) is 42.4 Å². The molecule has 0 spiro atoms. The van der Waals surface area contributed by atoms with Crippen LogP contribution >= 0.6 is 12.4 Å². The highest BCUT2D eigenvalue weighted by Crippen LogP contribution is 2.47. The number of rotatable bonds is 7. The summed E-state index contributed by atoms with van der Waals surface area (Å²) in [4.78, 5) is 30.7. The van der Waals surface area contributed by atoms with Crippen molar-refractivity contribution in [1.82, 2.24) is 9.80 Å². The van der Waals surface area contributed by atoms with Crippen LogP contribution in [0.5, 0.6) is 5.75 Å². The maximum Gasteiger partial charge on any atom is 0.422 e. The van der Waals surface area contributed by atoms with E-state index in [0.717, 1.165) is 0 Å². The van der Waals surface area contributed by atoms with E-state index in [2.05, 4.69) is 0 Å². The van der Waals surface area contributed by atoms with Crippen LogP contribution in [0.15, 0.2) is 24.3 Å². The molecule has 0 bridgehead atoms. The summed E-state index contributed by atoms with van der Waals surface area (Å²) in [6.45, 7) is 1.20. The molecule has 12 heteroatoms. The van der Waals surface area contributed by atoms with Gasteiger partial charge in [-0.1, -0.05) is 12.1 Å². The van der Waals surface area contributed by atoms with Crippen molar-refractivity contribution in [3.05, 3.63) is 24.3 Å². The topological polar surface area (TPSA) is 85.8 Å². The van der Waals surface area contributed by atoms with Gasteiger partial charge in [-0.15, -0.1) is 12.4 Å². The number of hydrogen-bond acceptors (Lipinski definition) is 7. The number of piperazine rings is 1. The van der Waals surface area contributed by atoms with Crippen molar-refractivity contribution in [3.63, 3.8) is 0 Å². The van der Waals surface area contributed by atoms with Crippen molar-refractivity contribution >= 4 is 29.9 Å². The Morgan fingerprint density at radius 1 is 1.00 bits per heavy atom. The van der Waals surface area contributed by atoms with Gasteiger partial charge in [-0.3, -0.25) is 19.4 Å². The molecule has 194 valence electrons. The number of likely N-dealkylation sites (tertiary alicyclic amines) is 1. The molecule has 1 aromatic carbocycles. The quantitative estimate of drug-likeness (QED) is 0.433. The van der Waals surface area contributed by atoms with Crippen molar-refractivity contribution in [1.29, 1.82) is 0 Å². The van der Waals surface area contributed by atoms with Gasteiger partial charge < -0.3 is 19.5 Å². The fourth-order valence-electron chi connectivity index (χ4n) is 5.40. The van der Waals surface area contributed by atoms with Crippen LogP contribution < -0.4 is 9.64 Å². The van der Waals surface area contributed by atoms with E-state index in [0.29, 0.717) is 51.3 Å². The normalized spacial score (nSPS) is 29.4. The zero-order valence-electron chi connectivity index (χ0n) is 19.0. The van der Waals surface area contributed by atoms with Gasteiger partial charge in [0.15, 0.2) is 6.61 Å². The molecule has 0 radical (unpaired) electrons. The predicted octanol–water partition coefficient (Wildman–Crippen LogP) is 1.69. The molecule has 0 aromatic heterocycles. The monoisotopic (exact) mass is 519 g/mol. The molecule has 5 unspecified atom stereocenters. The molecular weight excluding hydrogens is 491 g/mol. The number of nitrogens with zero attached hydrogens (tertiary/aromatic N) is 3. The second-order valence-electron chi connectivity index (χ2n) is 9.50. The van der Waals surface area contributed by atoms with Crippen LogP contribution in [0.2, 0.25) is 0 Å². The highest BCUT2D eigenvalue weighted by atomic mass is 35.5. The number of epoxide rings is 1. The molecule has 4 aliphatic rings. The number of alkyl halides is 3. The van der Waals surface area contributed by atoms with E-state index in [1.54, 1.807) is 18.2 Å². The number of aliphatic hydroxyl groups is 1. The fourth-order valence-corrected chi connectivity index (χ4v) is 5.40.